The molecule has 4 nitrogen and oxygen atoms in total. The first-order valence-corrected chi connectivity index (χ1v) is 7.15. The number of benzene rings is 1. The Kier molecular flexibility index (Phi) is 4.79. The van der Waals surface area contributed by atoms with E-state index >= 15 is 0 Å². The summed E-state index contributed by atoms with van der Waals surface area (Å²) in [4.78, 5) is 0. The van der Waals surface area contributed by atoms with Crippen LogP contribution in [0.1, 0.15) is 30.3 Å². The van der Waals surface area contributed by atoms with Crippen molar-refractivity contribution in [1.29, 1.82) is 0 Å². The van der Waals surface area contributed by atoms with E-state index in [1.807, 2.05) is 35.9 Å². The summed E-state index contributed by atoms with van der Waals surface area (Å²) in [5, 5.41) is 4.64. The van der Waals surface area contributed by atoms with Gasteiger partial charge >= 0.3 is 0 Å². The lowest BCUT2D eigenvalue weighted by molar-refractivity contribution is 0.340. The lowest BCUT2D eigenvalue weighted by Gasteiger charge is -2.07. The van der Waals surface area contributed by atoms with Crippen LogP contribution in [0.4, 0.5) is 0 Å². The molecule has 2 aromatic rings. The van der Waals surface area contributed by atoms with Crippen molar-refractivity contribution in [3.63, 3.8) is 0 Å². The number of nitrogens with zero attached hydrogens (tertiary/aromatic N) is 2. The number of rotatable bonds is 6. The number of ether oxygens (including phenoxy) is 1. The maximum Gasteiger partial charge on any atom is 0.119 e. The molecule has 0 saturated heterocycles. The molecule has 0 aliphatic carbocycles. The number of aromatic nitrogens is 2. The molecule has 0 aliphatic heterocycles. The van der Waals surface area contributed by atoms with Crippen LogP contribution >= 0.6 is 0 Å². The number of aryl methyl sites for hydroxylation is 1. The standard InChI is InChI=1S/C16H23N3O/c1-4-20-15-9-7-14(8-10-15)19-13(3)16(6-5-11-17)12(2)18-19/h7-10H,4-6,11,17H2,1-3H3. The van der Waals surface area contributed by atoms with Gasteiger partial charge in [-0.15, -0.1) is 0 Å². The molecule has 0 spiro atoms. The van der Waals surface area contributed by atoms with Crippen LogP contribution in [0.2, 0.25) is 0 Å². The molecule has 1 aromatic carbocycles. The van der Waals surface area contributed by atoms with Crippen molar-refractivity contribution >= 4 is 0 Å². The highest BCUT2D eigenvalue weighted by Gasteiger charge is 2.12. The summed E-state index contributed by atoms with van der Waals surface area (Å²) < 4.78 is 7.46. The topological polar surface area (TPSA) is 53.1 Å². The van der Waals surface area contributed by atoms with E-state index in [1.54, 1.807) is 0 Å². The van der Waals surface area contributed by atoms with Crippen molar-refractivity contribution < 1.29 is 4.74 Å². The fourth-order valence-corrected chi connectivity index (χ4v) is 2.42. The van der Waals surface area contributed by atoms with Gasteiger partial charge in [0.1, 0.15) is 5.75 Å². The molecule has 1 heterocycles. The molecule has 0 fully saturated rings. The monoisotopic (exact) mass is 273 g/mol. The van der Waals surface area contributed by atoms with Crippen molar-refractivity contribution in [3.05, 3.63) is 41.2 Å². The Labute approximate surface area is 120 Å². The molecule has 0 amide bonds. The van der Waals surface area contributed by atoms with Crippen LogP contribution in [0.3, 0.4) is 0 Å². The molecular formula is C16H23N3O. The lowest BCUT2D eigenvalue weighted by Crippen LogP contribution is -2.02. The summed E-state index contributed by atoms with van der Waals surface area (Å²) in [6, 6.07) is 8.04. The minimum absolute atomic E-state index is 0.683. The van der Waals surface area contributed by atoms with Crippen LogP contribution in [0.5, 0.6) is 5.75 Å². The molecule has 4 heteroatoms. The summed E-state index contributed by atoms with van der Waals surface area (Å²) in [5.41, 5.74) is 10.3. The highest BCUT2D eigenvalue weighted by atomic mass is 16.5. The van der Waals surface area contributed by atoms with Crippen molar-refractivity contribution in [2.24, 2.45) is 5.73 Å². The molecule has 0 aliphatic rings. The smallest absolute Gasteiger partial charge is 0.119 e. The van der Waals surface area contributed by atoms with Gasteiger partial charge in [-0.25, -0.2) is 4.68 Å². The normalized spacial score (nSPS) is 10.8. The third-order valence-corrected chi connectivity index (χ3v) is 3.46. The van der Waals surface area contributed by atoms with E-state index in [4.69, 9.17) is 10.5 Å². The summed E-state index contributed by atoms with van der Waals surface area (Å²) in [6.07, 6.45) is 1.99. The quantitative estimate of drug-likeness (QED) is 0.880. The summed E-state index contributed by atoms with van der Waals surface area (Å²) in [5.74, 6) is 0.890. The van der Waals surface area contributed by atoms with Crippen LogP contribution < -0.4 is 10.5 Å². The predicted octanol–water partition coefficient (Wildman–Crippen LogP) is 2.78. The van der Waals surface area contributed by atoms with Gasteiger partial charge in [0.05, 0.1) is 18.0 Å². The molecule has 2 N–H and O–H groups in total. The Morgan fingerprint density at radius 1 is 1.20 bits per heavy atom. The Bertz CT molecular complexity index is 558. The van der Waals surface area contributed by atoms with Crippen LogP contribution in [0.15, 0.2) is 24.3 Å². The SMILES string of the molecule is CCOc1ccc(-n2nc(C)c(CCCN)c2C)cc1. The van der Waals surface area contributed by atoms with Gasteiger partial charge < -0.3 is 10.5 Å². The zero-order valence-electron chi connectivity index (χ0n) is 12.5. The summed E-state index contributed by atoms with van der Waals surface area (Å²) >= 11 is 0. The van der Waals surface area contributed by atoms with Crippen molar-refractivity contribution in [1.82, 2.24) is 9.78 Å². The van der Waals surface area contributed by atoms with Gasteiger partial charge in [-0.1, -0.05) is 0 Å². The van der Waals surface area contributed by atoms with Gasteiger partial charge in [-0.2, -0.15) is 5.10 Å². The van der Waals surface area contributed by atoms with Gasteiger partial charge in [0.2, 0.25) is 0 Å². The van der Waals surface area contributed by atoms with Gasteiger partial charge in [0.15, 0.2) is 0 Å². The molecule has 0 saturated carbocycles. The Morgan fingerprint density at radius 3 is 2.50 bits per heavy atom. The minimum Gasteiger partial charge on any atom is -0.494 e. The van der Waals surface area contributed by atoms with Crippen LogP contribution in [0.25, 0.3) is 5.69 Å². The van der Waals surface area contributed by atoms with E-state index in [9.17, 15) is 0 Å². The van der Waals surface area contributed by atoms with Crippen LogP contribution in [-0.2, 0) is 6.42 Å². The maximum atomic E-state index is 5.60. The average molecular weight is 273 g/mol. The third kappa shape index (κ3) is 3.02. The highest BCUT2D eigenvalue weighted by Crippen LogP contribution is 2.21. The van der Waals surface area contributed by atoms with Crippen molar-refractivity contribution in [2.75, 3.05) is 13.2 Å². The van der Waals surface area contributed by atoms with E-state index in [-0.39, 0.29) is 0 Å². The molecule has 20 heavy (non-hydrogen) atoms. The van der Waals surface area contributed by atoms with Crippen molar-refractivity contribution in [3.8, 4) is 11.4 Å². The van der Waals surface area contributed by atoms with E-state index in [0.29, 0.717) is 13.2 Å². The summed E-state index contributed by atoms with van der Waals surface area (Å²) in [6.45, 7) is 7.56. The molecule has 108 valence electrons. The molecular weight excluding hydrogens is 250 g/mol. The van der Waals surface area contributed by atoms with Gasteiger partial charge in [0, 0.05) is 5.69 Å². The third-order valence-electron chi connectivity index (χ3n) is 3.46. The second-order valence-electron chi connectivity index (χ2n) is 4.88. The summed E-state index contributed by atoms with van der Waals surface area (Å²) in [7, 11) is 0. The highest BCUT2D eigenvalue weighted by molar-refractivity contribution is 5.40. The molecule has 0 unspecified atom stereocenters. The van der Waals surface area contributed by atoms with Gasteiger partial charge in [0.25, 0.3) is 0 Å². The zero-order chi connectivity index (χ0) is 14.5. The Balaban J connectivity index is 2.28. The van der Waals surface area contributed by atoms with Crippen LogP contribution in [0, 0.1) is 13.8 Å². The van der Waals surface area contributed by atoms with Gasteiger partial charge in [-0.3, -0.25) is 0 Å². The predicted molar refractivity (Wildman–Crippen MR) is 81.6 cm³/mol. The minimum atomic E-state index is 0.683. The van der Waals surface area contributed by atoms with Crippen molar-refractivity contribution in [2.45, 2.75) is 33.6 Å². The van der Waals surface area contributed by atoms with E-state index < -0.39 is 0 Å². The van der Waals surface area contributed by atoms with E-state index in [2.05, 4.69) is 18.9 Å². The first-order chi connectivity index (χ1) is 9.67. The molecule has 2 rings (SSSR count). The molecule has 0 atom stereocenters. The molecule has 1 aromatic heterocycles. The van der Waals surface area contributed by atoms with Gasteiger partial charge in [-0.05, 0) is 70.0 Å². The zero-order valence-corrected chi connectivity index (χ0v) is 12.5. The van der Waals surface area contributed by atoms with Crippen LogP contribution in [-0.4, -0.2) is 22.9 Å². The fourth-order valence-electron chi connectivity index (χ4n) is 2.42. The number of nitrogens with two attached hydrogens (primary N) is 1. The maximum absolute atomic E-state index is 5.60. The molecule has 0 radical (unpaired) electrons. The lowest BCUT2D eigenvalue weighted by atomic mass is 10.1. The average Bonchev–Trinajstić information content (AvgIpc) is 2.73. The number of hydrogen-bond donors (Lipinski definition) is 1. The van der Waals surface area contributed by atoms with E-state index in [1.165, 1.54) is 11.3 Å². The Morgan fingerprint density at radius 2 is 1.90 bits per heavy atom. The largest absolute Gasteiger partial charge is 0.494 e. The second kappa shape index (κ2) is 6.57. The van der Waals surface area contributed by atoms with E-state index in [0.717, 1.165) is 30.0 Å². The molecule has 0 bridgehead atoms. The fraction of sp³-hybridized carbons (Fsp3) is 0.438. The number of hydrogen-bond acceptors (Lipinski definition) is 3. The Hall–Kier alpha value is -1.81. The second-order valence-corrected chi connectivity index (χ2v) is 4.88. The first-order valence-electron chi connectivity index (χ1n) is 7.15. The first kappa shape index (κ1) is 14.6.